The Hall–Kier alpha value is -3.00. The maximum Gasteiger partial charge on any atom is 0.234 e. The van der Waals surface area contributed by atoms with Gasteiger partial charge in [-0.1, -0.05) is 23.9 Å². The lowest BCUT2D eigenvalue weighted by Gasteiger charge is -2.19. The summed E-state index contributed by atoms with van der Waals surface area (Å²) in [6.45, 7) is 1.04. The van der Waals surface area contributed by atoms with E-state index in [1.54, 1.807) is 18.2 Å². The molecule has 138 valence electrons. The predicted octanol–water partition coefficient (Wildman–Crippen LogP) is 3.17. The van der Waals surface area contributed by atoms with E-state index in [1.807, 2.05) is 31.3 Å². The molecule has 27 heavy (non-hydrogen) atoms. The van der Waals surface area contributed by atoms with E-state index >= 15 is 0 Å². The Labute approximate surface area is 160 Å². The summed E-state index contributed by atoms with van der Waals surface area (Å²) >= 11 is 1.29. The number of aromatic nitrogens is 2. The summed E-state index contributed by atoms with van der Waals surface area (Å²) in [7, 11) is 1.82. The molecule has 8 heteroatoms. The van der Waals surface area contributed by atoms with E-state index in [-0.39, 0.29) is 11.7 Å². The molecule has 0 unspecified atom stereocenters. The summed E-state index contributed by atoms with van der Waals surface area (Å²) in [6, 6.07) is 13.1. The van der Waals surface area contributed by atoms with Crippen LogP contribution in [-0.4, -0.2) is 41.9 Å². The lowest BCUT2D eigenvalue weighted by molar-refractivity contribution is -0.113. The highest BCUT2D eigenvalue weighted by molar-refractivity contribution is 7.99. The molecule has 7 nitrogen and oxygen atoms in total. The third-order valence-electron chi connectivity index (χ3n) is 3.98. The van der Waals surface area contributed by atoms with Gasteiger partial charge < -0.3 is 20.1 Å². The highest BCUT2D eigenvalue weighted by Crippen LogP contribution is 2.32. The molecule has 0 fully saturated rings. The molecule has 0 aliphatic carbocycles. The minimum Gasteiger partial charge on any atom is -0.486 e. The van der Waals surface area contributed by atoms with E-state index in [0.717, 1.165) is 16.7 Å². The summed E-state index contributed by atoms with van der Waals surface area (Å²) in [5, 5.41) is 7.44. The number of amides is 1. The van der Waals surface area contributed by atoms with Crippen molar-refractivity contribution in [1.29, 1.82) is 0 Å². The highest BCUT2D eigenvalue weighted by Gasteiger charge is 2.14. The molecule has 2 heterocycles. The second-order valence-electron chi connectivity index (χ2n) is 5.82. The fraction of sp³-hybridized carbons (Fsp3) is 0.211. The molecule has 3 aromatic rings. The van der Waals surface area contributed by atoms with Crippen molar-refractivity contribution in [2.24, 2.45) is 0 Å². The van der Waals surface area contributed by atoms with Crippen molar-refractivity contribution in [3.63, 3.8) is 0 Å². The first-order valence-corrected chi connectivity index (χ1v) is 9.48. The van der Waals surface area contributed by atoms with Crippen LogP contribution < -0.4 is 20.1 Å². The average Bonchev–Trinajstić information content (AvgIpc) is 2.71. The zero-order valence-corrected chi connectivity index (χ0v) is 15.5. The Morgan fingerprint density at radius 1 is 1.11 bits per heavy atom. The molecule has 1 aromatic heterocycles. The number of carbonyl (C=O) groups excluding carboxylic acids is 1. The van der Waals surface area contributed by atoms with Crippen molar-refractivity contribution in [2.45, 2.75) is 5.16 Å². The molecule has 0 atom stereocenters. The lowest BCUT2D eigenvalue weighted by atomic mass is 10.2. The van der Waals surface area contributed by atoms with Gasteiger partial charge in [0.05, 0.1) is 11.3 Å². The maximum absolute atomic E-state index is 12.3. The van der Waals surface area contributed by atoms with E-state index in [9.17, 15) is 4.79 Å². The number of carbonyl (C=O) groups is 1. The number of hydrogen-bond donors (Lipinski definition) is 2. The van der Waals surface area contributed by atoms with E-state index in [4.69, 9.17) is 9.47 Å². The van der Waals surface area contributed by atoms with Gasteiger partial charge in [-0.2, -0.15) is 0 Å². The number of ether oxygens (including phenoxy) is 2. The van der Waals surface area contributed by atoms with Crippen LogP contribution in [0.4, 0.5) is 11.5 Å². The number of hydrogen-bond acceptors (Lipinski definition) is 7. The lowest BCUT2D eigenvalue weighted by Crippen LogP contribution is -2.17. The number of benzene rings is 2. The normalized spacial score (nSPS) is 12.6. The Morgan fingerprint density at radius 3 is 2.78 bits per heavy atom. The van der Waals surface area contributed by atoms with Crippen LogP contribution in [0.15, 0.2) is 47.6 Å². The van der Waals surface area contributed by atoms with Gasteiger partial charge in [-0.25, -0.2) is 9.97 Å². The number of nitrogens with zero attached hydrogens (tertiary/aromatic N) is 2. The quantitative estimate of drug-likeness (QED) is 0.518. The second kappa shape index (κ2) is 7.71. The van der Waals surface area contributed by atoms with Crippen LogP contribution in [-0.2, 0) is 4.79 Å². The van der Waals surface area contributed by atoms with Crippen molar-refractivity contribution in [2.75, 3.05) is 36.6 Å². The van der Waals surface area contributed by atoms with Gasteiger partial charge in [0.25, 0.3) is 0 Å². The highest BCUT2D eigenvalue weighted by atomic mass is 32.2. The monoisotopic (exact) mass is 382 g/mol. The van der Waals surface area contributed by atoms with Crippen LogP contribution >= 0.6 is 11.8 Å². The molecule has 1 aliphatic heterocycles. The van der Waals surface area contributed by atoms with Crippen LogP contribution in [0.3, 0.4) is 0 Å². The van der Waals surface area contributed by atoms with Crippen molar-refractivity contribution in [3.05, 3.63) is 42.5 Å². The summed E-state index contributed by atoms with van der Waals surface area (Å²) in [6.07, 6.45) is 0. The van der Waals surface area contributed by atoms with Crippen molar-refractivity contribution < 1.29 is 14.3 Å². The molecule has 2 aromatic carbocycles. The van der Waals surface area contributed by atoms with Crippen molar-refractivity contribution in [1.82, 2.24) is 9.97 Å². The molecule has 4 rings (SSSR count). The minimum atomic E-state index is -0.139. The number of rotatable bonds is 5. The summed E-state index contributed by atoms with van der Waals surface area (Å²) < 4.78 is 11.0. The Morgan fingerprint density at radius 2 is 1.93 bits per heavy atom. The molecule has 0 radical (unpaired) electrons. The average molecular weight is 382 g/mol. The van der Waals surface area contributed by atoms with Gasteiger partial charge >= 0.3 is 0 Å². The second-order valence-corrected chi connectivity index (χ2v) is 6.76. The molecule has 0 saturated heterocycles. The van der Waals surface area contributed by atoms with Gasteiger partial charge in [0.2, 0.25) is 5.91 Å². The third kappa shape index (κ3) is 3.90. The van der Waals surface area contributed by atoms with Crippen LogP contribution in [0.2, 0.25) is 0 Å². The van der Waals surface area contributed by atoms with E-state index in [1.165, 1.54) is 11.8 Å². The fourth-order valence-electron chi connectivity index (χ4n) is 2.76. The fourth-order valence-corrected chi connectivity index (χ4v) is 3.41. The Balaban J connectivity index is 1.43. The van der Waals surface area contributed by atoms with Crippen LogP contribution in [0.1, 0.15) is 0 Å². The first kappa shape index (κ1) is 17.4. The predicted molar refractivity (Wildman–Crippen MR) is 106 cm³/mol. The molecule has 1 aliphatic rings. The van der Waals surface area contributed by atoms with E-state index < -0.39 is 0 Å². The van der Waals surface area contributed by atoms with Crippen molar-refractivity contribution in [3.8, 4) is 11.5 Å². The first-order chi connectivity index (χ1) is 13.2. The number of thioether (sulfide) groups is 1. The standard InChI is InChI=1S/C19H18N4O3S/c1-20-18-13-4-2-3-5-14(13)22-19(23-18)27-11-17(24)21-12-6-7-15-16(10-12)26-9-8-25-15/h2-7,10H,8-9,11H2,1H3,(H,21,24)(H,20,22,23). The molecule has 0 spiro atoms. The first-order valence-electron chi connectivity index (χ1n) is 8.50. The topological polar surface area (TPSA) is 85.4 Å². The van der Waals surface area contributed by atoms with Crippen molar-refractivity contribution >= 4 is 40.1 Å². The zero-order chi connectivity index (χ0) is 18.6. The van der Waals surface area contributed by atoms with Gasteiger partial charge in [0.15, 0.2) is 16.7 Å². The Kier molecular flexibility index (Phi) is 4.97. The molecule has 1 amide bonds. The summed E-state index contributed by atoms with van der Waals surface area (Å²) in [5.74, 6) is 2.14. The molecular formula is C19H18N4O3S. The van der Waals surface area contributed by atoms with Gasteiger partial charge in [0.1, 0.15) is 19.0 Å². The van der Waals surface area contributed by atoms with Crippen LogP contribution in [0, 0.1) is 0 Å². The third-order valence-corrected chi connectivity index (χ3v) is 4.83. The number of nitrogens with one attached hydrogen (secondary N) is 2. The molecule has 2 N–H and O–H groups in total. The number of anilines is 2. The minimum absolute atomic E-state index is 0.139. The van der Waals surface area contributed by atoms with Gasteiger partial charge in [-0.15, -0.1) is 0 Å². The summed E-state index contributed by atoms with van der Waals surface area (Å²) in [5.41, 5.74) is 1.51. The molecular weight excluding hydrogens is 364 g/mol. The van der Waals surface area contributed by atoms with Gasteiger partial charge in [-0.05, 0) is 24.3 Å². The van der Waals surface area contributed by atoms with E-state index in [2.05, 4.69) is 20.6 Å². The molecule has 0 saturated carbocycles. The van der Waals surface area contributed by atoms with Gasteiger partial charge in [0, 0.05) is 24.2 Å². The van der Waals surface area contributed by atoms with Gasteiger partial charge in [-0.3, -0.25) is 4.79 Å². The van der Waals surface area contributed by atoms with E-state index in [0.29, 0.717) is 35.6 Å². The molecule has 0 bridgehead atoms. The number of para-hydroxylation sites is 1. The Bertz CT molecular complexity index is 996. The maximum atomic E-state index is 12.3. The van der Waals surface area contributed by atoms with Crippen LogP contribution in [0.25, 0.3) is 10.9 Å². The smallest absolute Gasteiger partial charge is 0.234 e. The largest absolute Gasteiger partial charge is 0.486 e. The zero-order valence-electron chi connectivity index (χ0n) is 14.7. The summed E-state index contributed by atoms with van der Waals surface area (Å²) in [4.78, 5) is 21.3. The van der Waals surface area contributed by atoms with Crippen LogP contribution in [0.5, 0.6) is 11.5 Å². The number of fused-ring (bicyclic) bond motifs is 2. The SMILES string of the molecule is CNc1nc(SCC(=O)Nc2ccc3c(c2)OCCO3)nc2ccccc12.